The van der Waals surface area contributed by atoms with Crippen LogP contribution in [0.15, 0.2) is 24.3 Å². The molecule has 2 aromatic heterocycles. The van der Waals surface area contributed by atoms with E-state index in [1.165, 1.54) is 17.2 Å². The van der Waals surface area contributed by atoms with Gasteiger partial charge in [-0.25, -0.2) is 19.5 Å². The summed E-state index contributed by atoms with van der Waals surface area (Å²) in [6, 6.07) is 0. The minimum Gasteiger partial charge on any atom is -0.394 e. The first-order valence-electron chi connectivity index (χ1n) is 9.00. The fourth-order valence-corrected chi connectivity index (χ4v) is 3.37. The second kappa shape index (κ2) is 9.45. The van der Waals surface area contributed by atoms with Gasteiger partial charge in [-0.1, -0.05) is 6.08 Å². The summed E-state index contributed by atoms with van der Waals surface area (Å²) in [6.45, 7) is 1.53. The van der Waals surface area contributed by atoms with Gasteiger partial charge in [0.2, 0.25) is 0 Å². The number of imidazole rings is 1. The lowest BCUT2D eigenvalue weighted by atomic mass is 10.1. The van der Waals surface area contributed by atoms with E-state index in [2.05, 4.69) is 24.8 Å². The Morgan fingerprint density at radius 2 is 2.13 bits per heavy atom. The molecular weight excluding hydrogens is 421 g/mol. The zero-order chi connectivity index (χ0) is 21.9. The Morgan fingerprint density at radius 3 is 2.80 bits per heavy atom. The average Bonchev–Trinajstić information content (AvgIpc) is 3.28. The van der Waals surface area contributed by atoms with Crippen molar-refractivity contribution in [2.45, 2.75) is 31.5 Å². The van der Waals surface area contributed by atoms with Crippen LogP contribution in [0.1, 0.15) is 13.2 Å². The Hall–Kier alpha value is -1.96. The van der Waals surface area contributed by atoms with Crippen molar-refractivity contribution in [3.8, 4) is 0 Å². The normalized spacial score (nSPS) is 26.8. The first-order chi connectivity index (χ1) is 14.3. The van der Waals surface area contributed by atoms with Crippen LogP contribution in [-0.4, -0.2) is 84.9 Å². The molecule has 0 aromatic carbocycles. The summed E-state index contributed by atoms with van der Waals surface area (Å²) in [5.74, 6) is 0.417. The number of aliphatic hydroxyl groups excluding tert-OH is 3. The Labute approximate surface area is 171 Å². The summed E-state index contributed by atoms with van der Waals surface area (Å²) in [4.78, 5) is 21.8. The van der Waals surface area contributed by atoms with Crippen molar-refractivity contribution in [2.24, 2.45) is 0 Å². The van der Waals surface area contributed by atoms with Gasteiger partial charge in [0.05, 0.1) is 19.5 Å². The van der Waals surface area contributed by atoms with E-state index in [0.29, 0.717) is 29.1 Å². The van der Waals surface area contributed by atoms with Crippen LogP contribution in [-0.2, 0) is 18.3 Å². The summed E-state index contributed by atoms with van der Waals surface area (Å²) >= 11 is 0. The van der Waals surface area contributed by atoms with Gasteiger partial charge in [-0.05, 0) is 12.5 Å². The number of ether oxygens (including phenoxy) is 1. The molecule has 1 saturated heterocycles. The topological polar surface area (TPSA) is 181 Å². The van der Waals surface area contributed by atoms with Crippen LogP contribution in [0.25, 0.3) is 11.2 Å². The van der Waals surface area contributed by atoms with E-state index in [1.54, 1.807) is 13.0 Å². The highest BCUT2D eigenvalue weighted by Crippen LogP contribution is 2.42. The van der Waals surface area contributed by atoms with Crippen LogP contribution >= 0.6 is 7.82 Å². The number of aliphatic hydroxyl groups is 3. The number of fused-ring (bicyclic) bond motifs is 1. The first kappa shape index (κ1) is 22.7. The van der Waals surface area contributed by atoms with Gasteiger partial charge in [-0.15, -0.1) is 0 Å². The third kappa shape index (κ3) is 4.85. The van der Waals surface area contributed by atoms with Crippen LogP contribution in [0.4, 0.5) is 5.82 Å². The van der Waals surface area contributed by atoms with Gasteiger partial charge < -0.3 is 30.3 Å². The molecule has 14 heteroatoms. The lowest BCUT2D eigenvalue weighted by Crippen LogP contribution is -2.33. The molecule has 1 fully saturated rings. The Bertz CT molecular complexity index is 953. The summed E-state index contributed by atoms with van der Waals surface area (Å²) < 4.78 is 27.4. The van der Waals surface area contributed by atoms with Gasteiger partial charge >= 0.3 is 7.82 Å². The van der Waals surface area contributed by atoms with Crippen molar-refractivity contribution in [2.75, 3.05) is 32.2 Å². The Kier molecular flexibility index (Phi) is 7.16. The molecule has 1 aliphatic heterocycles. The molecule has 0 amide bonds. The molecule has 5 atom stereocenters. The van der Waals surface area contributed by atoms with E-state index >= 15 is 0 Å². The van der Waals surface area contributed by atoms with Crippen molar-refractivity contribution < 1.29 is 38.6 Å². The molecule has 0 spiro atoms. The molecule has 0 radical (unpaired) electrons. The molecule has 3 heterocycles. The minimum atomic E-state index is -4.03. The molecule has 30 heavy (non-hydrogen) atoms. The SMILES string of the molecule is COP(=O)(O)OC/C(C)=C/CNc1ncnc2c1ncn2[C@@H]1O[C@H](CO)[C@@H](O)[C@H]1O. The van der Waals surface area contributed by atoms with Gasteiger partial charge in [0.1, 0.15) is 24.6 Å². The lowest BCUT2D eigenvalue weighted by Gasteiger charge is -2.16. The minimum absolute atomic E-state index is 0.0810. The van der Waals surface area contributed by atoms with Crippen molar-refractivity contribution in [1.29, 1.82) is 0 Å². The molecule has 0 aliphatic carbocycles. The predicted octanol–water partition coefficient (Wildman–Crippen LogP) is -0.441. The zero-order valence-corrected chi connectivity index (χ0v) is 17.2. The van der Waals surface area contributed by atoms with Crippen LogP contribution in [0.3, 0.4) is 0 Å². The van der Waals surface area contributed by atoms with E-state index in [4.69, 9.17) is 9.26 Å². The fraction of sp³-hybridized carbons (Fsp3) is 0.562. The smallest absolute Gasteiger partial charge is 0.394 e. The van der Waals surface area contributed by atoms with Gasteiger partial charge in [-0.3, -0.25) is 13.6 Å². The average molecular weight is 445 g/mol. The largest absolute Gasteiger partial charge is 0.472 e. The molecule has 166 valence electrons. The summed E-state index contributed by atoms with van der Waals surface area (Å²) in [5.41, 5.74) is 1.47. The lowest BCUT2D eigenvalue weighted by molar-refractivity contribution is -0.0511. The number of aromatic nitrogens is 4. The molecule has 3 rings (SSSR count). The van der Waals surface area contributed by atoms with Gasteiger partial charge in [0.25, 0.3) is 0 Å². The van der Waals surface area contributed by atoms with E-state index < -0.39 is 39.0 Å². The van der Waals surface area contributed by atoms with Gasteiger partial charge in [-0.2, -0.15) is 0 Å². The van der Waals surface area contributed by atoms with E-state index in [1.807, 2.05) is 0 Å². The number of rotatable bonds is 9. The van der Waals surface area contributed by atoms with Gasteiger partial charge in [0, 0.05) is 13.7 Å². The Balaban J connectivity index is 1.70. The molecule has 0 bridgehead atoms. The molecule has 1 unspecified atom stereocenters. The highest BCUT2D eigenvalue weighted by Gasteiger charge is 2.44. The van der Waals surface area contributed by atoms with E-state index in [9.17, 15) is 24.8 Å². The van der Waals surface area contributed by atoms with E-state index in [0.717, 1.165) is 7.11 Å². The van der Waals surface area contributed by atoms with Crippen molar-refractivity contribution in [3.05, 3.63) is 24.3 Å². The highest BCUT2D eigenvalue weighted by molar-refractivity contribution is 7.47. The monoisotopic (exact) mass is 445 g/mol. The van der Waals surface area contributed by atoms with Crippen molar-refractivity contribution in [3.63, 3.8) is 0 Å². The second-order valence-electron chi connectivity index (χ2n) is 6.63. The zero-order valence-electron chi connectivity index (χ0n) is 16.3. The molecule has 2 aromatic rings. The summed E-state index contributed by atoms with van der Waals surface area (Å²) in [7, 11) is -2.95. The third-order valence-electron chi connectivity index (χ3n) is 4.56. The van der Waals surface area contributed by atoms with Crippen LogP contribution in [0.2, 0.25) is 0 Å². The standard InChI is InChI=1S/C16H24N5O8P/c1-9(6-28-30(25,26)27-2)3-4-17-14-11-15(19-7-18-14)21(8-20-11)16-13(24)12(23)10(5-22)29-16/h3,7-8,10,12-13,16,22-24H,4-6H2,1-2H3,(H,25,26)(H,17,18,19)/b9-3+/t10-,12-,13-,16-/m1/s1. The number of hydrogen-bond donors (Lipinski definition) is 5. The molecule has 0 saturated carbocycles. The number of phosphoric acid groups is 1. The first-order valence-corrected chi connectivity index (χ1v) is 10.5. The summed E-state index contributed by atoms with van der Waals surface area (Å²) in [5, 5.41) is 32.5. The van der Waals surface area contributed by atoms with E-state index in [-0.39, 0.29) is 6.61 Å². The van der Waals surface area contributed by atoms with Crippen molar-refractivity contribution >= 4 is 24.8 Å². The molecular formula is C16H24N5O8P. The third-order valence-corrected chi connectivity index (χ3v) is 5.47. The Morgan fingerprint density at radius 1 is 1.37 bits per heavy atom. The summed E-state index contributed by atoms with van der Waals surface area (Å²) in [6.07, 6.45) is 0.0924. The molecule has 5 N–H and O–H groups in total. The fourth-order valence-electron chi connectivity index (χ4n) is 2.89. The molecule has 1 aliphatic rings. The number of hydrogen-bond acceptors (Lipinski definition) is 11. The number of nitrogens with zero attached hydrogens (tertiary/aromatic N) is 4. The number of phosphoric ester groups is 1. The van der Waals surface area contributed by atoms with Crippen molar-refractivity contribution in [1.82, 2.24) is 19.5 Å². The predicted molar refractivity (Wildman–Crippen MR) is 103 cm³/mol. The maximum atomic E-state index is 11.3. The quantitative estimate of drug-likeness (QED) is 0.248. The van der Waals surface area contributed by atoms with Crippen LogP contribution in [0, 0.1) is 0 Å². The van der Waals surface area contributed by atoms with Crippen LogP contribution < -0.4 is 5.32 Å². The second-order valence-corrected chi connectivity index (χ2v) is 8.19. The number of anilines is 1. The maximum Gasteiger partial charge on any atom is 0.472 e. The van der Waals surface area contributed by atoms with Gasteiger partial charge in [0.15, 0.2) is 23.2 Å². The maximum absolute atomic E-state index is 11.3. The highest BCUT2D eigenvalue weighted by atomic mass is 31.2. The molecule has 13 nitrogen and oxygen atoms in total. The van der Waals surface area contributed by atoms with Crippen LogP contribution in [0.5, 0.6) is 0 Å². The number of nitrogens with one attached hydrogen (secondary N) is 1.